The van der Waals surface area contributed by atoms with Gasteiger partial charge in [0, 0.05) is 48.7 Å². The average molecular weight is 486 g/mol. The van der Waals surface area contributed by atoms with Gasteiger partial charge in [0.05, 0.1) is 5.69 Å². The Balaban J connectivity index is 1.30. The van der Waals surface area contributed by atoms with Gasteiger partial charge < -0.3 is 15.5 Å². The van der Waals surface area contributed by atoms with Gasteiger partial charge in [-0.2, -0.15) is 18.3 Å². The molecule has 0 spiro atoms. The zero-order valence-electron chi connectivity index (χ0n) is 19.2. The first-order chi connectivity index (χ1) is 16.7. The lowest BCUT2D eigenvalue weighted by molar-refractivity contribution is -0.141. The van der Waals surface area contributed by atoms with Gasteiger partial charge >= 0.3 is 6.18 Å². The molecule has 2 N–H and O–H groups in total. The van der Waals surface area contributed by atoms with E-state index >= 15 is 0 Å². The molecule has 7 nitrogen and oxygen atoms in total. The van der Waals surface area contributed by atoms with Crippen LogP contribution in [0.2, 0.25) is 0 Å². The number of carbonyl (C=O) groups excluding carboxylic acids is 2. The molecule has 3 aromatic rings. The normalized spacial score (nSPS) is 14.6. The maximum Gasteiger partial charge on any atom is 0.435 e. The summed E-state index contributed by atoms with van der Waals surface area (Å²) in [5, 5.41) is 9.17. The molecular formula is C25H26F3N5O2. The Morgan fingerprint density at radius 1 is 1.03 bits per heavy atom. The van der Waals surface area contributed by atoms with E-state index in [1.54, 1.807) is 6.92 Å². The van der Waals surface area contributed by atoms with E-state index < -0.39 is 17.9 Å². The van der Waals surface area contributed by atoms with E-state index in [2.05, 4.69) is 20.6 Å². The SMILES string of the molecule is CC(CC(=O)Nc1cccc(N2CCCC2)c1)NC(=O)c1ccc(-n2ccc(C(F)(F)F)n2)cc1. The van der Waals surface area contributed by atoms with Crippen LogP contribution in [0.1, 0.15) is 42.2 Å². The van der Waals surface area contributed by atoms with Crippen LogP contribution in [-0.2, 0) is 11.0 Å². The predicted molar refractivity (Wildman–Crippen MR) is 127 cm³/mol. The van der Waals surface area contributed by atoms with E-state index in [0.717, 1.165) is 29.5 Å². The highest BCUT2D eigenvalue weighted by Gasteiger charge is 2.33. The van der Waals surface area contributed by atoms with Crippen molar-refractivity contribution >= 4 is 23.2 Å². The predicted octanol–water partition coefficient (Wildman–Crippen LogP) is 4.64. The van der Waals surface area contributed by atoms with Crippen LogP contribution in [0.3, 0.4) is 0 Å². The quantitative estimate of drug-likeness (QED) is 0.511. The maximum atomic E-state index is 12.7. The smallest absolute Gasteiger partial charge is 0.371 e. The molecule has 0 radical (unpaired) electrons. The number of halogens is 3. The monoisotopic (exact) mass is 485 g/mol. The van der Waals surface area contributed by atoms with Crippen LogP contribution in [0.15, 0.2) is 60.8 Å². The standard InChI is InChI=1S/C25H26F3N5O2/c1-17(15-23(34)30-19-5-4-6-21(16-19)32-12-2-3-13-32)29-24(35)18-7-9-20(10-8-18)33-14-11-22(31-33)25(26,27)28/h4-11,14,16-17H,2-3,12-13,15H2,1H3,(H,29,35)(H,30,34). The number of benzene rings is 2. The summed E-state index contributed by atoms with van der Waals surface area (Å²) in [7, 11) is 0. The van der Waals surface area contributed by atoms with Gasteiger partial charge in [-0.1, -0.05) is 6.07 Å². The lowest BCUT2D eigenvalue weighted by atomic mass is 10.1. The molecule has 2 heterocycles. The summed E-state index contributed by atoms with van der Waals surface area (Å²) in [6.45, 7) is 3.75. The molecule has 2 amide bonds. The Morgan fingerprint density at radius 2 is 1.74 bits per heavy atom. The van der Waals surface area contributed by atoms with Crippen molar-refractivity contribution in [3.8, 4) is 5.69 Å². The fourth-order valence-corrected chi connectivity index (χ4v) is 3.99. The molecule has 10 heteroatoms. The van der Waals surface area contributed by atoms with E-state index in [0.29, 0.717) is 16.9 Å². The molecule has 35 heavy (non-hydrogen) atoms. The van der Waals surface area contributed by atoms with E-state index in [-0.39, 0.29) is 18.2 Å². The summed E-state index contributed by atoms with van der Waals surface area (Å²) in [6.07, 6.45) is -0.896. The number of nitrogens with zero attached hydrogens (tertiary/aromatic N) is 3. The van der Waals surface area contributed by atoms with Crippen molar-refractivity contribution in [3.05, 3.63) is 72.1 Å². The summed E-state index contributed by atoms with van der Waals surface area (Å²) >= 11 is 0. The van der Waals surface area contributed by atoms with Crippen LogP contribution in [0, 0.1) is 0 Å². The summed E-state index contributed by atoms with van der Waals surface area (Å²) in [5.74, 6) is -0.602. The fraction of sp³-hybridized carbons (Fsp3) is 0.320. The Labute approximate surface area is 200 Å². The third kappa shape index (κ3) is 6.20. The van der Waals surface area contributed by atoms with Crippen molar-refractivity contribution in [2.45, 2.75) is 38.4 Å². The molecule has 1 fully saturated rings. The minimum Gasteiger partial charge on any atom is -0.371 e. The van der Waals surface area contributed by atoms with Gasteiger partial charge in [-0.25, -0.2) is 4.68 Å². The van der Waals surface area contributed by atoms with Gasteiger partial charge in [0.15, 0.2) is 5.69 Å². The van der Waals surface area contributed by atoms with Crippen molar-refractivity contribution in [2.24, 2.45) is 0 Å². The van der Waals surface area contributed by atoms with Gasteiger partial charge in [-0.3, -0.25) is 9.59 Å². The Morgan fingerprint density at radius 3 is 2.40 bits per heavy atom. The van der Waals surface area contributed by atoms with E-state index in [9.17, 15) is 22.8 Å². The van der Waals surface area contributed by atoms with Crippen LogP contribution in [-0.4, -0.2) is 40.7 Å². The van der Waals surface area contributed by atoms with Gasteiger partial charge in [-0.05, 0) is 68.3 Å². The molecule has 1 aliphatic heterocycles. The molecule has 0 saturated carbocycles. The van der Waals surface area contributed by atoms with Gasteiger partial charge in [0.2, 0.25) is 5.91 Å². The van der Waals surface area contributed by atoms with Gasteiger partial charge in [0.1, 0.15) is 0 Å². The molecule has 4 rings (SSSR count). The molecule has 0 bridgehead atoms. The molecule has 0 aliphatic carbocycles. The molecule has 1 aromatic heterocycles. The molecule has 184 valence electrons. The number of hydrogen-bond donors (Lipinski definition) is 2. The van der Waals surface area contributed by atoms with Crippen LogP contribution < -0.4 is 15.5 Å². The van der Waals surface area contributed by atoms with E-state index in [4.69, 9.17) is 0 Å². The number of hydrogen-bond acceptors (Lipinski definition) is 4. The first-order valence-corrected chi connectivity index (χ1v) is 11.4. The van der Waals surface area contributed by atoms with Crippen molar-refractivity contribution in [1.82, 2.24) is 15.1 Å². The first kappa shape index (κ1) is 24.3. The summed E-state index contributed by atoms with van der Waals surface area (Å²) in [4.78, 5) is 27.3. The zero-order valence-corrected chi connectivity index (χ0v) is 19.2. The summed E-state index contributed by atoms with van der Waals surface area (Å²) in [6, 6.07) is 14.2. The molecule has 1 saturated heterocycles. The van der Waals surface area contributed by atoms with Crippen molar-refractivity contribution < 1.29 is 22.8 Å². The van der Waals surface area contributed by atoms with Crippen LogP contribution >= 0.6 is 0 Å². The van der Waals surface area contributed by atoms with Crippen molar-refractivity contribution in [2.75, 3.05) is 23.3 Å². The second-order valence-corrected chi connectivity index (χ2v) is 8.56. The molecular weight excluding hydrogens is 459 g/mol. The number of rotatable bonds is 7. The number of anilines is 2. The van der Waals surface area contributed by atoms with Gasteiger partial charge in [-0.15, -0.1) is 0 Å². The minimum atomic E-state index is -4.52. The molecule has 1 unspecified atom stereocenters. The summed E-state index contributed by atoms with van der Waals surface area (Å²) < 4.78 is 39.3. The van der Waals surface area contributed by atoms with Crippen LogP contribution in [0.25, 0.3) is 5.69 Å². The Bertz CT molecular complexity index is 1180. The Hall–Kier alpha value is -3.82. The van der Waals surface area contributed by atoms with Crippen molar-refractivity contribution in [3.63, 3.8) is 0 Å². The van der Waals surface area contributed by atoms with E-state index in [1.807, 2.05) is 24.3 Å². The third-order valence-electron chi connectivity index (χ3n) is 5.74. The number of carbonyl (C=O) groups is 2. The van der Waals surface area contributed by atoms with Crippen molar-refractivity contribution in [1.29, 1.82) is 0 Å². The first-order valence-electron chi connectivity index (χ1n) is 11.4. The number of alkyl halides is 3. The highest BCUT2D eigenvalue weighted by molar-refractivity contribution is 5.96. The van der Waals surface area contributed by atoms with E-state index in [1.165, 1.54) is 43.3 Å². The highest BCUT2D eigenvalue weighted by Crippen LogP contribution is 2.28. The zero-order chi connectivity index (χ0) is 25.0. The maximum absolute atomic E-state index is 12.7. The van der Waals surface area contributed by atoms with Gasteiger partial charge in [0.25, 0.3) is 5.91 Å². The lowest BCUT2D eigenvalue weighted by Crippen LogP contribution is -2.35. The second kappa shape index (κ2) is 10.2. The molecule has 1 atom stereocenters. The number of nitrogens with one attached hydrogen (secondary N) is 2. The van der Waals surface area contributed by atoms with Crippen LogP contribution in [0.4, 0.5) is 24.5 Å². The topological polar surface area (TPSA) is 79.3 Å². The lowest BCUT2D eigenvalue weighted by Gasteiger charge is -2.19. The highest BCUT2D eigenvalue weighted by atomic mass is 19.4. The second-order valence-electron chi connectivity index (χ2n) is 8.56. The third-order valence-corrected chi connectivity index (χ3v) is 5.74. The largest absolute Gasteiger partial charge is 0.435 e. The number of amides is 2. The van der Waals surface area contributed by atoms with Crippen LogP contribution in [0.5, 0.6) is 0 Å². The average Bonchev–Trinajstić information content (AvgIpc) is 3.51. The fourth-order valence-electron chi connectivity index (χ4n) is 3.99. The summed E-state index contributed by atoms with van der Waals surface area (Å²) in [5.41, 5.74) is 1.51. The molecule has 2 aromatic carbocycles. The number of aromatic nitrogens is 2. The Kier molecular flexibility index (Phi) is 7.09. The molecule has 1 aliphatic rings. The minimum absolute atomic E-state index is 0.0886.